The standard InChI is InChI=1S/C58H45N/c1-4-12-39(13-5-1)42-20-25-48(26-21-42)59(49-27-22-43(23-28-49)40-14-6-2-7-15-40)50-33-45(41-16-8-3-9-17-41)32-46(34-50)44-24-29-54-52(35-44)51-18-10-11-19-53(51)58(54)55-31-38-30-47-36-56(58)57(47,55)37-38/h1-29,32-35,38,47,55-56H,30-31,36-37H2/t38?,47?,55?,56?,57-,58?/m1/s1. The molecule has 5 unspecified atom stereocenters. The van der Waals surface area contributed by atoms with E-state index in [-0.39, 0.29) is 5.41 Å². The van der Waals surface area contributed by atoms with Crippen LogP contribution >= 0.6 is 0 Å². The van der Waals surface area contributed by atoms with Crippen LogP contribution in [0.25, 0.3) is 55.6 Å². The number of benzene rings is 8. The molecule has 0 saturated heterocycles. The zero-order valence-corrected chi connectivity index (χ0v) is 33.1. The minimum absolute atomic E-state index is 0.210. The van der Waals surface area contributed by atoms with Crippen LogP contribution in [0.2, 0.25) is 0 Å². The van der Waals surface area contributed by atoms with Crippen molar-refractivity contribution < 1.29 is 0 Å². The van der Waals surface area contributed by atoms with Crippen molar-refractivity contribution in [2.24, 2.45) is 29.1 Å². The van der Waals surface area contributed by atoms with Crippen molar-refractivity contribution in [2.75, 3.05) is 4.90 Å². The van der Waals surface area contributed by atoms with E-state index in [0.29, 0.717) is 5.41 Å². The molecule has 59 heavy (non-hydrogen) atoms. The average molecular weight is 756 g/mol. The fourth-order valence-corrected chi connectivity index (χ4v) is 13.5. The van der Waals surface area contributed by atoms with Crippen LogP contribution < -0.4 is 4.90 Å². The molecule has 0 heterocycles. The maximum atomic E-state index is 2.56. The van der Waals surface area contributed by atoms with E-state index in [0.717, 1.165) is 40.7 Å². The Kier molecular flexibility index (Phi) is 7.12. The summed E-state index contributed by atoms with van der Waals surface area (Å²) in [5.74, 6) is 3.57. The molecule has 2 bridgehead atoms. The maximum absolute atomic E-state index is 2.56. The SMILES string of the molecule is c1ccc(-c2ccc(N(c3ccc(-c4ccccc4)cc3)c3cc(-c4ccccc4)cc(-c4ccc5c(c4)-c4ccccc4C54C5CC6CC7CC4[C@]75C6)c3)cc2)cc1. The average Bonchev–Trinajstić information content (AvgIpc) is 3.94. The van der Waals surface area contributed by atoms with E-state index < -0.39 is 0 Å². The summed E-state index contributed by atoms with van der Waals surface area (Å²) in [5, 5.41) is 0. The molecule has 0 aliphatic heterocycles. The monoisotopic (exact) mass is 755 g/mol. The highest BCUT2D eigenvalue weighted by molar-refractivity contribution is 5.90. The third-order valence-electron chi connectivity index (χ3n) is 15.7. The summed E-state index contributed by atoms with van der Waals surface area (Å²) < 4.78 is 0. The van der Waals surface area contributed by atoms with Crippen molar-refractivity contribution in [3.63, 3.8) is 0 Å². The molecular weight excluding hydrogens is 711 g/mol. The van der Waals surface area contributed by atoms with E-state index in [2.05, 4.69) is 205 Å². The summed E-state index contributed by atoms with van der Waals surface area (Å²) in [6, 6.07) is 74.7. The van der Waals surface area contributed by atoms with Crippen molar-refractivity contribution in [1.82, 2.24) is 0 Å². The molecule has 0 N–H and O–H groups in total. The Morgan fingerprint density at radius 2 is 0.847 bits per heavy atom. The largest absolute Gasteiger partial charge is 0.310 e. The molecule has 8 aromatic rings. The molecule has 4 fully saturated rings. The molecule has 6 atom stereocenters. The highest BCUT2D eigenvalue weighted by Gasteiger charge is 2.84. The molecule has 0 amide bonds. The Morgan fingerprint density at radius 3 is 1.46 bits per heavy atom. The first kappa shape index (κ1) is 33.5. The van der Waals surface area contributed by atoms with Gasteiger partial charge in [-0.15, -0.1) is 0 Å². The van der Waals surface area contributed by atoms with Crippen molar-refractivity contribution in [1.29, 1.82) is 0 Å². The maximum Gasteiger partial charge on any atom is 0.0473 e. The van der Waals surface area contributed by atoms with Gasteiger partial charge in [0.2, 0.25) is 0 Å². The van der Waals surface area contributed by atoms with Crippen LogP contribution in [0.5, 0.6) is 0 Å². The van der Waals surface area contributed by atoms with E-state index in [1.807, 2.05) is 0 Å². The van der Waals surface area contributed by atoms with E-state index in [1.54, 1.807) is 11.1 Å². The van der Waals surface area contributed by atoms with Gasteiger partial charge in [0.15, 0.2) is 0 Å². The lowest BCUT2D eigenvalue weighted by molar-refractivity contribution is -0.231. The Bertz CT molecular complexity index is 2810. The molecule has 0 aromatic heterocycles. The summed E-state index contributed by atoms with van der Waals surface area (Å²) in [7, 11) is 0. The van der Waals surface area contributed by atoms with Crippen LogP contribution in [-0.2, 0) is 5.41 Å². The van der Waals surface area contributed by atoms with Crippen molar-refractivity contribution in [3.05, 3.63) is 211 Å². The molecular formula is C58H45N. The highest BCUT2D eigenvalue weighted by Crippen LogP contribution is 2.89. The predicted octanol–water partition coefficient (Wildman–Crippen LogP) is 15.2. The minimum atomic E-state index is 0.210. The molecule has 5 aliphatic rings. The summed E-state index contributed by atoms with van der Waals surface area (Å²) in [6.07, 6.45) is 5.86. The quantitative estimate of drug-likeness (QED) is 0.157. The van der Waals surface area contributed by atoms with Gasteiger partial charge in [-0.2, -0.15) is 0 Å². The summed E-state index contributed by atoms with van der Waals surface area (Å²) in [4.78, 5) is 2.44. The number of hydrogen-bond donors (Lipinski definition) is 0. The summed E-state index contributed by atoms with van der Waals surface area (Å²) >= 11 is 0. The van der Waals surface area contributed by atoms with Gasteiger partial charge in [-0.1, -0.05) is 152 Å². The molecule has 1 heteroatoms. The number of nitrogens with zero attached hydrogens (tertiary/aromatic N) is 1. The highest BCUT2D eigenvalue weighted by atomic mass is 15.1. The molecule has 2 spiro atoms. The molecule has 282 valence electrons. The Balaban J connectivity index is 0.968. The minimum Gasteiger partial charge on any atom is -0.310 e. The van der Waals surface area contributed by atoms with Crippen LogP contribution in [-0.4, -0.2) is 0 Å². The van der Waals surface area contributed by atoms with Gasteiger partial charge in [0.05, 0.1) is 0 Å². The van der Waals surface area contributed by atoms with Crippen molar-refractivity contribution in [3.8, 4) is 55.6 Å². The molecule has 4 saturated carbocycles. The van der Waals surface area contributed by atoms with Crippen LogP contribution in [0.15, 0.2) is 200 Å². The second kappa shape index (κ2) is 12.5. The fourth-order valence-electron chi connectivity index (χ4n) is 13.5. The van der Waals surface area contributed by atoms with Crippen LogP contribution in [0.3, 0.4) is 0 Å². The molecule has 0 radical (unpaired) electrons. The number of anilines is 3. The third-order valence-corrected chi connectivity index (χ3v) is 15.7. The van der Waals surface area contributed by atoms with Gasteiger partial charge in [0, 0.05) is 22.5 Å². The van der Waals surface area contributed by atoms with Crippen LogP contribution in [0.1, 0.15) is 36.8 Å². The van der Waals surface area contributed by atoms with Gasteiger partial charge in [0.25, 0.3) is 0 Å². The number of hydrogen-bond acceptors (Lipinski definition) is 1. The Hall–Kier alpha value is -6.44. The third kappa shape index (κ3) is 4.68. The first-order chi connectivity index (χ1) is 29.2. The zero-order chi connectivity index (χ0) is 38.7. The second-order valence-electron chi connectivity index (χ2n) is 18.2. The van der Waals surface area contributed by atoms with Gasteiger partial charge in [-0.25, -0.2) is 0 Å². The second-order valence-corrected chi connectivity index (χ2v) is 18.2. The Labute approximate surface area is 347 Å². The van der Waals surface area contributed by atoms with Gasteiger partial charge < -0.3 is 4.90 Å². The van der Waals surface area contributed by atoms with Crippen LogP contribution in [0, 0.1) is 29.1 Å². The fraction of sp³-hybridized carbons (Fsp3) is 0.172. The lowest BCUT2D eigenvalue weighted by Gasteiger charge is -2.76. The van der Waals surface area contributed by atoms with E-state index in [1.165, 1.54) is 81.3 Å². The van der Waals surface area contributed by atoms with Gasteiger partial charge in [0.1, 0.15) is 0 Å². The molecule has 5 aliphatic carbocycles. The topological polar surface area (TPSA) is 3.24 Å². The zero-order valence-electron chi connectivity index (χ0n) is 33.1. The van der Waals surface area contributed by atoms with E-state index in [9.17, 15) is 0 Å². The van der Waals surface area contributed by atoms with E-state index >= 15 is 0 Å². The normalized spacial score (nSPS) is 24.8. The van der Waals surface area contributed by atoms with Crippen LogP contribution in [0.4, 0.5) is 17.1 Å². The lowest BCUT2D eigenvalue weighted by atomic mass is 9.27. The van der Waals surface area contributed by atoms with Gasteiger partial charge in [-0.05, 0) is 170 Å². The predicted molar refractivity (Wildman–Crippen MR) is 244 cm³/mol. The number of rotatable bonds is 7. The van der Waals surface area contributed by atoms with E-state index in [4.69, 9.17) is 0 Å². The van der Waals surface area contributed by atoms with Gasteiger partial charge in [-0.3, -0.25) is 0 Å². The Morgan fingerprint density at radius 1 is 0.356 bits per heavy atom. The lowest BCUT2D eigenvalue weighted by Crippen LogP contribution is -2.73. The first-order valence-electron chi connectivity index (χ1n) is 21.7. The van der Waals surface area contributed by atoms with Gasteiger partial charge >= 0.3 is 0 Å². The smallest absolute Gasteiger partial charge is 0.0473 e. The molecule has 13 rings (SSSR count). The first-order valence-corrected chi connectivity index (χ1v) is 21.7. The number of fused-ring (bicyclic) bond motifs is 8. The van der Waals surface area contributed by atoms with Crippen molar-refractivity contribution >= 4 is 17.1 Å². The summed E-state index contributed by atoms with van der Waals surface area (Å²) in [5.41, 5.74) is 20.2. The molecule has 8 aromatic carbocycles. The van der Waals surface area contributed by atoms with Crippen molar-refractivity contribution in [2.45, 2.75) is 31.1 Å². The summed E-state index contributed by atoms with van der Waals surface area (Å²) in [6.45, 7) is 0. The molecule has 1 nitrogen and oxygen atoms in total.